The molecule has 2 heterocycles. The lowest BCUT2D eigenvalue weighted by Gasteiger charge is -2.27. The molecule has 2 saturated heterocycles. The molecule has 1 aromatic carbocycles. The number of carbonyl (C=O) groups excluding carboxylic acids is 2. The maximum atomic E-state index is 13.8. The molecule has 3 rings (SSSR count). The van der Waals surface area contributed by atoms with E-state index in [1.54, 1.807) is 4.90 Å². The van der Waals surface area contributed by atoms with Gasteiger partial charge in [0.25, 0.3) is 0 Å². The fourth-order valence-corrected chi connectivity index (χ4v) is 4.43. The first-order valence-electron chi connectivity index (χ1n) is 10.4. The van der Waals surface area contributed by atoms with Gasteiger partial charge in [-0.05, 0) is 29.9 Å². The highest BCUT2D eigenvalue weighted by Crippen LogP contribution is 2.33. The van der Waals surface area contributed by atoms with E-state index in [1.807, 2.05) is 25.7 Å². The Morgan fingerprint density at radius 3 is 2.43 bits per heavy atom. The van der Waals surface area contributed by atoms with E-state index in [2.05, 4.69) is 0 Å². The number of likely N-dealkylation sites (tertiary alicyclic amines) is 2. The van der Waals surface area contributed by atoms with Gasteiger partial charge in [0.15, 0.2) is 11.6 Å². The van der Waals surface area contributed by atoms with Gasteiger partial charge in [0.2, 0.25) is 11.8 Å². The predicted octanol–water partition coefficient (Wildman–Crippen LogP) is 3.18. The van der Waals surface area contributed by atoms with Crippen molar-refractivity contribution < 1.29 is 22.8 Å². The van der Waals surface area contributed by atoms with Crippen molar-refractivity contribution in [2.45, 2.75) is 58.5 Å². The number of fused-ring (bicyclic) bond motifs is 1. The Bertz CT molecular complexity index is 825. The van der Waals surface area contributed by atoms with E-state index in [0.717, 1.165) is 12.5 Å². The topological polar surface area (TPSA) is 64.4 Å². The number of nitrogens with one attached hydrogen (secondary N) is 1. The van der Waals surface area contributed by atoms with E-state index in [1.165, 1.54) is 0 Å². The quantitative estimate of drug-likeness (QED) is 0.682. The largest absolute Gasteiger partial charge is 0.340 e. The van der Waals surface area contributed by atoms with Crippen LogP contribution >= 0.6 is 0 Å². The molecule has 3 atom stereocenters. The first kappa shape index (κ1) is 22.6. The van der Waals surface area contributed by atoms with Gasteiger partial charge < -0.3 is 9.80 Å². The molecule has 2 amide bonds. The summed E-state index contributed by atoms with van der Waals surface area (Å²) in [5, 5.41) is 0. The highest BCUT2D eigenvalue weighted by Gasteiger charge is 2.44. The third-order valence-electron chi connectivity index (χ3n) is 5.88. The standard InChI is InChI=1S/C22H29F3N3O2/c1-22(2,3)10-21(30)27-11-13-4-5-28(19(13)12-27)20(29)8-15(26)6-14-7-17(24)18(25)9-16(14)23/h7,9,13,15,19,26H,4-6,8,10-12H2,1-3H3/t13-,15+,19+/m0/s1. The first-order chi connectivity index (χ1) is 13.9. The highest BCUT2D eigenvalue weighted by molar-refractivity contribution is 5.79. The number of nitrogens with zero attached hydrogens (tertiary/aromatic N) is 2. The fourth-order valence-electron chi connectivity index (χ4n) is 4.43. The molecule has 2 aliphatic heterocycles. The molecule has 2 fully saturated rings. The SMILES string of the molecule is CC(C)(C)CC(=O)N1C[C@@H]2CCN(C(=O)C[C@H]([NH])Cc3cc(F)c(F)cc3F)[C@@H]2C1. The second-order valence-corrected chi connectivity index (χ2v) is 9.70. The number of rotatable bonds is 5. The predicted molar refractivity (Wildman–Crippen MR) is 106 cm³/mol. The van der Waals surface area contributed by atoms with Crippen molar-refractivity contribution in [3.63, 3.8) is 0 Å². The second kappa shape index (κ2) is 8.57. The van der Waals surface area contributed by atoms with Crippen LogP contribution < -0.4 is 5.73 Å². The summed E-state index contributed by atoms with van der Waals surface area (Å²) in [5.74, 6) is -3.23. The maximum Gasteiger partial charge on any atom is 0.224 e. The second-order valence-electron chi connectivity index (χ2n) is 9.70. The monoisotopic (exact) mass is 424 g/mol. The summed E-state index contributed by atoms with van der Waals surface area (Å²) in [4.78, 5) is 28.9. The summed E-state index contributed by atoms with van der Waals surface area (Å²) < 4.78 is 40.2. The van der Waals surface area contributed by atoms with Crippen LogP contribution in [-0.4, -0.2) is 53.3 Å². The lowest BCUT2D eigenvalue weighted by molar-refractivity contribution is -0.135. The molecule has 0 unspecified atom stereocenters. The molecule has 5 nitrogen and oxygen atoms in total. The van der Waals surface area contributed by atoms with Gasteiger partial charge in [-0.2, -0.15) is 0 Å². The minimum atomic E-state index is -1.27. The molecule has 0 aliphatic carbocycles. The number of benzene rings is 1. The summed E-state index contributed by atoms with van der Waals surface area (Å²) in [6.07, 6.45) is 0.968. The molecule has 165 valence electrons. The fraction of sp³-hybridized carbons (Fsp3) is 0.636. The van der Waals surface area contributed by atoms with Crippen molar-refractivity contribution >= 4 is 11.8 Å². The van der Waals surface area contributed by atoms with E-state index in [0.29, 0.717) is 32.1 Å². The lowest BCUT2D eigenvalue weighted by atomic mass is 9.91. The Hall–Kier alpha value is -2.09. The molecule has 1 aromatic rings. The summed E-state index contributed by atoms with van der Waals surface area (Å²) in [7, 11) is 0. The molecule has 8 heteroatoms. The smallest absolute Gasteiger partial charge is 0.224 e. The van der Waals surface area contributed by atoms with Crippen LogP contribution in [0, 0.1) is 28.8 Å². The van der Waals surface area contributed by atoms with Crippen LogP contribution in [0.3, 0.4) is 0 Å². The number of hydrogen-bond acceptors (Lipinski definition) is 2. The summed E-state index contributed by atoms with van der Waals surface area (Å²) >= 11 is 0. The number of carbonyl (C=O) groups is 2. The van der Waals surface area contributed by atoms with Gasteiger partial charge in [0.1, 0.15) is 5.82 Å². The molecule has 1 radical (unpaired) electrons. The third-order valence-corrected chi connectivity index (χ3v) is 5.88. The van der Waals surface area contributed by atoms with Crippen molar-refractivity contribution in [2.75, 3.05) is 19.6 Å². The summed E-state index contributed by atoms with van der Waals surface area (Å²) in [6, 6.07) is 0.203. The number of amides is 2. The first-order valence-corrected chi connectivity index (χ1v) is 10.4. The van der Waals surface area contributed by atoms with Gasteiger partial charge in [0.05, 0.1) is 6.04 Å². The Morgan fingerprint density at radius 1 is 1.10 bits per heavy atom. The molecule has 30 heavy (non-hydrogen) atoms. The minimum absolute atomic E-state index is 0.0476. The van der Waals surface area contributed by atoms with Crippen LogP contribution in [0.15, 0.2) is 12.1 Å². The van der Waals surface area contributed by atoms with Crippen molar-refractivity contribution in [1.29, 1.82) is 0 Å². The van der Waals surface area contributed by atoms with Crippen LogP contribution in [0.5, 0.6) is 0 Å². The minimum Gasteiger partial charge on any atom is -0.340 e. The van der Waals surface area contributed by atoms with Crippen LogP contribution in [0.1, 0.15) is 45.6 Å². The van der Waals surface area contributed by atoms with Gasteiger partial charge in [0, 0.05) is 50.5 Å². The molecule has 0 spiro atoms. The molecule has 0 aromatic heterocycles. The normalized spacial score (nSPS) is 22.4. The third kappa shape index (κ3) is 5.14. The molecule has 0 bridgehead atoms. The summed E-state index contributed by atoms with van der Waals surface area (Å²) in [5.41, 5.74) is 7.92. The van der Waals surface area contributed by atoms with Gasteiger partial charge in [-0.1, -0.05) is 20.8 Å². The zero-order valence-corrected chi connectivity index (χ0v) is 17.7. The molecular weight excluding hydrogens is 395 g/mol. The van der Waals surface area contributed by atoms with E-state index in [9.17, 15) is 22.8 Å². The van der Waals surface area contributed by atoms with Gasteiger partial charge in [-0.15, -0.1) is 0 Å². The number of hydrogen-bond donors (Lipinski definition) is 0. The van der Waals surface area contributed by atoms with Crippen molar-refractivity contribution in [1.82, 2.24) is 15.5 Å². The highest BCUT2D eigenvalue weighted by atomic mass is 19.2. The Morgan fingerprint density at radius 2 is 1.77 bits per heavy atom. The van der Waals surface area contributed by atoms with Crippen LogP contribution in [0.2, 0.25) is 0 Å². The number of halogens is 3. The van der Waals surface area contributed by atoms with Gasteiger partial charge in [-0.3, -0.25) is 15.3 Å². The molecule has 2 aliphatic rings. The Labute approximate surface area is 175 Å². The molecule has 0 saturated carbocycles. The molecular formula is C22H29F3N3O2. The van der Waals surface area contributed by atoms with Crippen LogP contribution in [0.25, 0.3) is 0 Å². The van der Waals surface area contributed by atoms with E-state index < -0.39 is 23.5 Å². The lowest BCUT2D eigenvalue weighted by Crippen LogP contribution is -2.42. The van der Waals surface area contributed by atoms with Crippen LogP contribution in [-0.2, 0) is 16.0 Å². The van der Waals surface area contributed by atoms with E-state index >= 15 is 0 Å². The zero-order chi connectivity index (χ0) is 22.2. The Kier molecular flexibility index (Phi) is 6.45. The van der Waals surface area contributed by atoms with Crippen molar-refractivity contribution in [3.05, 3.63) is 35.1 Å². The average molecular weight is 424 g/mol. The van der Waals surface area contributed by atoms with Crippen molar-refractivity contribution in [2.24, 2.45) is 11.3 Å². The molecule has 1 N–H and O–H groups in total. The van der Waals surface area contributed by atoms with Crippen molar-refractivity contribution in [3.8, 4) is 0 Å². The van der Waals surface area contributed by atoms with Gasteiger partial charge in [-0.25, -0.2) is 13.2 Å². The van der Waals surface area contributed by atoms with Crippen LogP contribution in [0.4, 0.5) is 13.2 Å². The van der Waals surface area contributed by atoms with E-state index in [-0.39, 0.29) is 47.6 Å². The summed E-state index contributed by atoms with van der Waals surface area (Å²) in [6.45, 7) is 7.78. The Balaban J connectivity index is 1.57. The zero-order valence-electron chi connectivity index (χ0n) is 17.7. The van der Waals surface area contributed by atoms with E-state index in [4.69, 9.17) is 5.73 Å². The maximum absolute atomic E-state index is 13.8. The van der Waals surface area contributed by atoms with Gasteiger partial charge >= 0.3 is 0 Å². The average Bonchev–Trinajstić information content (AvgIpc) is 3.18.